The van der Waals surface area contributed by atoms with Crippen molar-refractivity contribution in [1.29, 1.82) is 0 Å². The van der Waals surface area contributed by atoms with Crippen LogP contribution >= 0.6 is 15.9 Å². The summed E-state index contributed by atoms with van der Waals surface area (Å²) in [6.07, 6.45) is 1.82. The lowest BCUT2D eigenvalue weighted by atomic mass is 10.0. The zero-order valence-corrected chi connectivity index (χ0v) is 12.2. The number of halogens is 1. The van der Waals surface area contributed by atoms with Gasteiger partial charge in [-0.15, -0.1) is 0 Å². The van der Waals surface area contributed by atoms with Gasteiger partial charge in [-0.05, 0) is 62.4 Å². The van der Waals surface area contributed by atoms with Gasteiger partial charge < -0.3 is 10.2 Å². The Labute approximate surface area is 106 Å². The highest BCUT2D eigenvalue weighted by Crippen LogP contribution is 2.18. The number of aryl methyl sites for hydroxylation is 1. The van der Waals surface area contributed by atoms with E-state index in [0.717, 1.165) is 22.4 Å². The Morgan fingerprint density at radius 2 is 2.06 bits per heavy atom. The van der Waals surface area contributed by atoms with E-state index in [9.17, 15) is 0 Å². The molecule has 0 saturated carbocycles. The molecule has 0 saturated heterocycles. The molecule has 1 N–H and O–H groups in total. The molecule has 1 aromatic heterocycles. The van der Waals surface area contributed by atoms with Gasteiger partial charge in [0.2, 0.25) is 0 Å². The fourth-order valence-corrected chi connectivity index (χ4v) is 1.63. The van der Waals surface area contributed by atoms with Crippen LogP contribution in [0.2, 0.25) is 0 Å². The predicted molar refractivity (Wildman–Crippen MR) is 72.9 cm³/mol. The molecule has 16 heavy (non-hydrogen) atoms. The molecule has 0 atom stereocenters. The van der Waals surface area contributed by atoms with E-state index in [1.165, 1.54) is 0 Å². The van der Waals surface area contributed by atoms with Crippen molar-refractivity contribution >= 4 is 21.7 Å². The zero-order valence-electron chi connectivity index (χ0n) is 10.6. The number of rotatable bonds is 4. The van der Waals surface area contributed by atoms with E-state index < -0.39 is 0 Å². The van der Waals surface area contributed by atoms with Crippen LogP contribution in [0.5, 0.6) is 0 Å². The Morgan fingerprint density at radius 3 is 2.56 bits per heavy atom. The third kappa shape index (κ3) is 3.46. The first-order valence-electron chi connectivity index (χ1n) is 5.36. The number of hydrogen-bond donors (Lipinski definition) is 1. The Balaban J connectivity index is 2.68. The molecule has 0 spiro atoms. The van der Waals surface area contributed by atoms with E-state index >= 15 is 0 Å². The fourth-order valence-electron chi connectivity index (χ4n) is 1.18. The summed E-state index contributed by atoms with van der Waals surface area (Å²) in [6.45, 7) is 7.33. The maximum atomic E-state index is 4.36. The molecular formula is C12H20BrN3. The molecule has 0 amide bonds. The van der Waals surface area contributed by atoms with Crippen molar-refractivity contribution in [2.45, 2.75) is 26.3 Å². The molecule has 0 bridgehead atoms. The van der Waals surface area contributed by atoms with Gasteiger partial charge in [0.1, 0.15) is 5.82 Å². The largest absolute Gasteiger partial charge is 0.368 e. The lowest BCUT2D eigenvalue weighted by Gasteiger charge is -2.33. The van der Waals surface area contributed by atoms with Crippen LogP contribution in [-0.2, 0) is 0 Å². The van der Waals surface area contributed by atoms with E-state index in [4.69, 9.17) is 0 Å². The summed E-state index contributed by atoms with van der Waals surface area (Å²) >= 11 is 3.41. The SMILES string of the molecule is Cc1cc(Br)cnc1NCC(C)(C)N(C)C. The van der Waals surface area contributed by atoms with E-state index in [1.54, 1.807) is 0 Å². The Kier molecular flexibility index (Phi) is 4.33. The van der Waals surface area contributed by atoms with Gasteiger partial charge in [0.25, 0.3) is 0 Å². The van der Waals surface area contributed by atoms with Gasteiger partial charge in [0.15, 0.2) is 0 Å². The van der Waals surface area contributed by atoms with Crippen molar-refractivity contribution in [3.63, 3.8) is 0 Å². The summed E-state index contributed by atoms with van der Waals surface area (Å²) in [7, 11) is 4.17. The first-order chi connectivity index (χ1) is 7.33. The van der Waals surface area contributed by atoms with Crippen LogP contribution in [0.1, 0.15) is 19.4 Å². The van der Waals surface area contributed by atoms with Gasteiger partial charge in [-0.2, -0.15) is 0 Å². The molecule has 1 rings (SSSR count). The molecule has 0 aliphatic heterocycles. The van der Waals surface area contributed by atoms with Crippen molar-refractivity contribution in [2.24, 2.45) is 0 Å². The van der Waals surface area contributed by atoms with Crippen LogP contribution in [0.15, 0.2) is 16.7 Å². The lowest BCUT2D eigenvalue weighted by Crippen LogP contribution is -2.44. The molecule has 0 aliphatic carbocycles. The molecular weight excluding hydrogens is 266 g/mol. The summed E-state index contributed by atoms with van der Waals surface area (Å²) < 4.78 is 1.02. The van der Waals surface area contributed by atoms with Crippen LogP contribution < -0.4 is 5.32 Å². The molecule has 0 aromatic carbocycles. The minimum absolute atomic E-state index is 0.112. The van der Waals surface area contributed by atoms with Gasteiger partial charge in [-0.3, -0.25) is 0 Å². The topological polar surface area (TPSA) is 28.2 Å². The van der Waals surface area contributed by atoms with Crippen molar-refractivity contribution in [3.05, 3.63) is 22.3 Å². The molecule has 0 radical (unpaired) electrons. The molecule has 1 aromatic rings. The molecule has 1 heterocycles. The van der Waals surface area contributed by atoms with E-state index in [0.29, 0.717) is 0 Å². The van der Waals surface area contributed by atoms with Crippen molar-refractivity contribution in [3.8, 4) is 0 Å². The molecule has 3 nitrogen and oxygen atoms in total. The fraction of sp³-hybridized carbons (Fsp3) is 0.583. The Hall–Kier alpha value is -0.610. The average Bonchev–Trinajstić information content (AvgIpc) is 2.16. The number of nitrogens with one attached hydrogen (secondary N) is 1. The summed E-state index contributed by atoms with van der Waals surface area (Å²) in [5.74, 6) is 0.957. The third-order valence-electron chi connectivity index (χ3n) is 2.94. The zero-order chi connectivity index (χ0) is 12.3. The number of aromatic nitrogens is 1. The van der Waals surface area contributed by atoms with E-state index in [-0.39, 0.29) is 5.54 Å². The second-order valence-electron chi connectivity index (χ2n) is 4.88. The van der Waals surface area contributed by atoms with Gasteiger partial charge in [-0.25, -0.2) is 4.98 Å². The van der Waals surface area contributed by atoms with Gasteiger partial charge in [-0.1, -0.05) is 0 Å². The van der Waals surface area contributed by atoms with Crippen LogP contribution in [0.4, 0.5) is 5.82 Å². The predicted octanol–water partition coefficient (Wildman–Crippen LogP) is 2.90. The number of pyridine rings is 1. The van der Waals surface area contributed by atoms with Crippen LogP contribution in [-0.4, -0.2) is 36.1 Å². The average molecular weight is 286 g/mol. The second kappa shape index (κ2) is 5.15. The van der Waals surface area contributed by atoms with Crippen LogP contribution in [0.3, 0.4) is 0 Å². The summed E-state index contributed by atoms with van der Waals surface area (Å²) in [5, 5.41) is 3.39. The highest BCUT2D eigenvalue weighted by molar-refractivity contribution is 9.10. The molecule has 0 aliphatic rings. The highest BCUT2D eigenvalue weighted by Gasteiger charge is 2.20. The molecule has 90 valence electrons. The molecule has 0 unspecified atom stereocenters. The van der Waals surface area contributed by atoms with Crippen LogP contribution in [0.25, 0.3) is 0 Å². The quantitative estimate of drug-likeness (QED) is 0.922. The molecule has 0 fully saturated rings. The lowest BCUT2D eigenvalue weighted by molar-refractivity contribution is 0.210. The summed E-state index contributed by atoms with van der Waals surface area (Å²) in [6, 6.07) is 2.07. The second-order valence-corrected chi connectivity index (χ2v) is 5.80. The van der Waals surface area contributed by atoms with Crippen LogP contribution in [0, 0.1) is 6.92 Å². The van der Waals surface area contributed by atoms with E-state index in [1.807, 2.05) is 6.20 Å². The first-order valence-corrected chi connectivity index (χ1v) is 6.15. The van der Waals surface area contributed by atoms with E-state index in [2.05, 4.69) is 72.1 Å². The maximum absolute atomic E-state index is 4.36. The minimum atomic E-state index is 0.112. The minimum Gasteiger partial charge on any atom is -0.368 e. The van der Waals surface area contributed by atoms with Crippen molar-refractivity contribution in [1.82, 2.24) is 9.88 Å². The summed E-state index contributed by atoms with van der Waals surface area (Å²) in [5.41, 5.74) is 1.27. The molecule has 4 heteroatoms. The standard InChI is InChI=1S/C12H20BrN3/c1-9-6-10(13)7-14-11(9)15-8-12(2,3)16(4)5/h6-7H,8H2,1-5H3,(H,14,15). The van der Waals surface area contributed by atoms with Crippen molar-refractivity contribution in [2.75, 3.05) is 26.0 Å². The Bertz CT molecular complexity index is 361. The number of likely N-dealkylation sites (N-methyl/N-ethyl adjacent to an activating group) is 1. The number of nitrogens with zero attached hydrogens (tertiary/aromatic N) is 2. The van der Waals surface area contributed by atoms with Gasteiger partial charge in [0.05, 0.1) is 0 Å². The normalized spacial score (nSPS) is 11.9. The first kappa shape index (κ1) is 13.5. The van der Waals surface area contributed by atoms with Crippen molar-refractivity contribution < 1.29 is 0 Å². The number of anilines is 1. The highest BCUT2D eigenvalue weighted by atomic mass is 79.9. The number of hydrogen-bond acceptors (Lipinski definition) is 3. The monoisotopic (exact) mass is 285 g/mol. The Morgan fingerprint density at radius 1 is 1.44 bits per heavy atom. The third-order valence-corrected chi connectivity index (χ3v) is 3.38. The summed E-state index contributed by atoms with van der Waals surface area (Å²) in [4.78, 5) is 6.57. The van der Waals surface area contributed by atoms with Gasteiger partial charge >= 0.3 is 0 Å². The maximum Gasteiger partial charge on any atom is 0.128 e. The van der Waals surface area contributed by atoms with Gasteiger partial charge in [0, 0.05) is 22.8 Å². The smallest absolute Gasteiger partial charge is 0.128 e.